The van der Waals surface area contributed by atoms with Crippen molar-refractivity contribution < 1.29 is 14.3 Å². The number of hydrogen-bond acceptors (Lipinski definition) is 4. The van der Waals surface area contributed by atoms with Gasteiger partial charge < -0.3 is 4.74 Å². The van der Waals surface area contributed by atoms with Crippen molar-refractivity contribution in [1.29, 1.82) is 0 Å². The minimum atomic E-state index is -0.434. The van der Waals surface area contributed by atoms with Crippen LogP contribution >= 0.6 is 23.4 Å². The molecule has 4 nitrogen and oxygen atoms in total. The molecule has 0 unspecified atom stereocenters. The highest BCUT2D eigenvalue weighted by molar-refractivity contribution is 8.15. The van der Waals surface area contributed by atoms with Gasteiger partial charge in [0.2, 0.25) is 5.91 Å². The van der Waals surface area contributed by atoms with E-state index in [0.717, 1.165) is 28.6 Å². The maximum Gasteiger partial charge on any atom is 0.289 e. The molecule has 1 aliphatic heterocycles. The first kappa shape index (κ1) is 17.8. The van der Waals surface area contributed by atoms with Crippen molar-refractivity contribution in [2.45, 2.75) is 25.1 Å². The summed E-state index contributed by atoms with van der Waals surface area (Å²) in [6.07, 6.45) is 0.463. The highest BCUT2D eigenvalue weighted by Crippen LogP contribution is 2.33. The number of nitrogens with zero attached hydrogens (tertiary/aromatic N) is 1. The molecule has 1 heterocycles. The van der Waals surface area contributed by atoms with Crippen molar-refractivity contribution in [2.75, 3.05) is 6.61 Å². The van der Waals surface area contributed by atoms with Crippen LogP contribution in [0, 0.1) is 0 Å². The Kier molecular flexibility index (Phi) is 5.66. The molecule has 0 spiro atoms. The average Bonchev–Trinajstić information content (AvgIpc) is 2.86. The zero-order valence-electron chi connectivity index (χ0n) is 13.8. The first-order valence-electron chi connectivity index (χ1n) is 8.06. The summed E-state index contributed by atoms with van der Waals surface area (Å²) in [7, 11) is 0. The molecular weight excluding hydrogens is 358 g/mol. The van der Waals surface area contributed by atoms with Crippen molar-refractivity contribution in [2.24, 2.45) is 0 Å². The van der Waals surface area contributed by atoms with Gasteiger partial charge in [0.1, 0.15) is 5.75 Å². The predicted molar refractivity (Wildman–Crippen MR) is 100 cm³/mol. The Morgan fingerprint density at radius 3 is 2.48 bits per heavy atom. The highest BCUT2D eigenvalue weighted by Gasteiger charge is 2.40. The minimum Gasteiger partial charge on any atom is -0.494 e. The molecule has 1 atom stereocenters. The van der Waals surface area contributed by atoms with Crippen LogP contribution in [0.5, 0.6) is 5.75 Å². The van der Waals surface area contributed by atoms with Gasteiger partial charge in [0.25, 0.3) is 5.24 Å². The number of rotatable bonds is 6. The number of imide groups is 1. The third-order valence-electron chi connectivity index (χ3n) is 3.97. The second kappa shape index (κ2) is 7.93. The van der Waals surface area contributed by atoms with E-state index in [2.05, 4.69) is 0 Å². The van der Waals surface area contributed by atoms with Gasteiger partial charge in [0, 0.05) is 5.02 Å². The van der Waals surface area contributed by atoms with E-state index in [1.807, 2.05) is 49.4 Å². The molecule has 2 aromatic rings. The molecule has 130 valence electrons. The highest BCUT2D eigenvalue weighted by atomic mass is 35.5. The van der Waals surface area contributed by atoms with E-state index in [-0.39, 0.29) is 17.7 Å². The van der Waals surface area contributed by atoms with Crippen molar-refractivity contribution in [3.8, 4) is 5.75 Å². The molecule has 25 heavy (non-hydrogen) atoms. The van der Waals surface area contributed by atoms with Crippen molar-refractivity contribution in [1.82, 2.24) is 4.90 Å². The Morgan fingerprint density at radius 1 is 1.08 bits per heavy atom. The Balaban J connectivity index is 1.74. The van der Waals surface area contributed by atoms with Crippen LogP contribution in [0.15, 0.2) is 48.5 Å². The molecule has 0 aromatic heterocycles. The van der Waals surface area contributed by atoms with Crippen LogP contribution in [0.25, 0.3) is 0 Å². The zero-order valence-corrected chi connectivity index (χ0v) is 15.3. The van der Waals surface area contributed by atoms with Gasteiger partial charge in [-0.05, 0) is 36.6 Å². The summed E-state index contributed by atoms with van der Waals surface area (Å²) in [5, 5.41) is -0.112. The number of halogens is 1. The van der Waals surface area contributed by atoms with Crippen LogP contribution in [0.2, 0.25) is 5.02 Å². The number of para-hydroxylation sites is 1. The maximum atomic E-state index is 12.7. The summed E-state index contributed by atoms with van der Waals surface area (Å²) >= 11 is 7.21. The first-order chi connectivity index (χ1) is 12.1. The number of thioether (sulfide) groups is 1. The number of carbonyl (C=O) groups excluding carboxylic acids is 2. The lowest BCUT2D eigenvalue weighted by Crippen LogP contribution is -2.31. The molecular formula is C19H18ClNO3S. The Hall–Kier alpha value is -1.98. The molecule has 0 bridgehead atoms. The number of ether oxygens (including phenoxy) is 1. The summed E-state index contributed by atoms with van der Waals surface area (Å²) < 4.78 is 5.61. The van der Waals surface area contributed by atoms with Gasteiger partial charge in [-0.1, -0.05) is 59.8 Å². The molecule has 1 fully saturated rings. The lowest BCUT2D eigenvalue weighted by molar-refractivity contribution is -0.127. The van der Waals surface area contributed by atoms with Gasteiger partial charge in [0.05, 0.1) is 18.4 Å². The Bertz CT molecular complexity index is 796. The number of hydrogen-bond donors (Lipinski definition) is 0. The van der Waals surface area contributed by atoms with E-state index < -0.39 is 5.25 Å². The Morgan fingerprint density at radius 2 is 1.76 bits per heavy atom. The fourth-order valence-corrected chi connectivity index (χ4v) is 3.95. The third kappa shape index (κ3) is 3.99. The SMILES string of the molecule is CCOc1ccccc1C[C@@H]1SC(=O)N(Cc2ccccc2Cl)C1=O. The van der Waals surface area contributed by atoms with Gasteiger partial charge in [-0.3, -0.25) is 14.5 Å². The van der Waals surface area contributed by atoms with Gasteiger partial charge in [-0.15, -0.1) is 0 Å². The standard InChI is InChI=1S/C19H18ClNO3S/c1-2-24-16-10-6-4-7-13(16)11-17-18(22)21(19(23)25-17)12-14-8-3-5-9-15(14)20/h3-10,17H,2,11-12H2,1H3/t17-/m0/s1. The van der Waals surface area contributed by atoms with Crippen LogP contribution in [0.1, 0.15) is 18.1 Å². The third-order valence-corrected chi connectivity index (χ3v) is 5.41. The van der Waals surface area contributed by atoms with E-state index in [9.17, 15) is 9.59 Å². The Labute approximate surface area is 156 Å². The van der Waals surface area contributed by atoms with E-state index in [0.29, 0.717) is 18.1 Å². The first-order valence-corrected chi connectivity index (χ1v) is 9.32. The average molecular weight is 376 g/mol. The fourth-order valence-electron chi connectivity index (χ4n) is 2.74. The largest absolute Gasteiger partial charge is 0.494 e. The molecule has 0 aliphatic carbocycles. The summed E-state index contributed by atoms with van der Waals surface area (Å²) in [5.74, 6) is 0.580. The molecule has 0 radical (unpaired) electrons. The normalized spacial score (nSPS) is 17.2. The van der Waals surface area contributed by atoms with Crippen LogP contribution < -0.4 is 4.74 Å². The van der Waals surface area contributed by atoms with Crippen LogP contribution in [-0.4, -0.2) is 27.9 Å². The fraction of sp³-hybridized carbons (Fsp3) is 0.263. The summed E-state index contributed by atoms with van der Waals surface area (Å²) in [6.45, 7) is 2.68. The summed E-state index contributed by atoms with van der Waals surface area (Å²) in [4.78, 5) is 26.3. The van der Waals surface area contributed by atoms with E-state index >= 15 is 0 Å². The van der Waals surface area contributed by atoms with Crippen molar-refractivity contribution in [3.05, 3.63) is 64.7 Å². The molecule has 3 rings (SSSR count). The van der Waals surface area contributed by atoms with Gasteiger partial charge in [-0.25, -0.2) is 0 Å². The topological polar surface area (TPSA) is 46.6 Å². The molecule has 1 saturated heterocycles. The predicted octanol–water partition coefficient (Wildman–Crippen LogP) is 4.55. The van der Waals surface area contributed by atoms with Gasteiger partial charge in [0.15, 0.2) is 0 Å². The van der Waals surface area contributed by atoms with E-state index in [1.165, 1.54) is 4.90 Å². The zero-order chi connectivity index (χ0) is 17.8. The summed E-state index contributed by atoms with van der Waals surface area (Å²) in [6, 6.07) is 14.9. The second-order valence-corrected chi connectivity index (χ2v) is 7.19. The van der Waals surface area contributed by atoms with Crippen LogP contribution in [-0.2, 0) is 17.8 Å². The lowest BCUT2D eigenvalue weighted by Gasteiger charge is -2.15. The molecule has 0 N–H and O–H groups in total. The molecule has 0 saturated carbocycles. The minimum absolute atomic E-state index is 0.179. The van der Waals surface area contributed by atoms with Crippen LogP contribution in [0.3, 0.4) is 0 Å². The van der Waals surface area contributed by atoms with Crippen molar-refractivity contribution >= 4 is 34.5 Å². The number of amides is 2. The molecule has 1 aliphatic rings. The quantitative estimate of drug-likeness (QED) is 0.743. The van der Waals surface area contributed by atoms with Crippen molar-refractivity contribution in [3.63, 3.8) is 0 Å². The molecule has 6 heteroatoms. The van der Waals surface area contributed by atoms with Gasteiger partial charge >= 0.3 is 0 Å². The smallest absolute Gasteiger partial charge is 0.289 e. The number of benzene rings is 2. The van der Waals surface area contributed by atoms with Gasteiger partial charge in [-0.2, -0.15) is 0 Å². The van der Waals surface area contributed by atoms with Crippen LogP contribution in [0.4, 0.5) is 4.79 Å². The number of carbonyl (C=O) groups is 2. The molecule has 2 aromatic carbocycles. The lowest BCUT2D eigenvalue weighted by atomic mass is 10.1. The van der Waals surface area contributed by atoms with E-state index in [1.54, 1.807) is 6.07 Å². The van der Waals surface area contributed by atoms with E-state index in [4.69, 9.17) is 16.3 Å². The monoisotopic (exact) mass is 375 g/mol. The maximum absolute atomic E-state index is 12.7. The summed E-state index contributed by atoms with van der Waals surface area (Å²) in [5.41, 5.74) is 1.70. The second-order valence-electron chi connectivity index (χ2n) is 5.63. The molecule has 2 amide bonds.